The van der Waals surface area contributed by atoms with Gasteiger partial charge in [-0.1, -0.05) is 6.92 Å². The van der Waals surface area contributed by atoms with Crippen molar-refractivity contribution >= 4 is 0 Å². The van der Waals surface area contributed by atoms with E-state index in [4.69, 9.17) is 5.26 Å². The summed E-state index contributed by atoms with van der Waals surface area (Å²) in [5.41, 5.74) is 0. The Kier molecular flexibility index (Phi) is 4.92. The molecule has 1 saturated carbocycles. The minimum absolute atomic E-state index is 0.382. The fourth-order valence-electron chi connectivity index (χ4n) is 1.61. The van der Waals surface area contributed by atoms with Crippen LogP contribution < -0.4 is 5.32 Å². The molecule has 1 aliphatic carbocycles. The molecule has 0 aromatic heterocycles. The molecule has 0 aromatic carbocycles. The second-order valence-electron chi connectivity index (χ2n) is 4.13. The van der Waals surface area contributed by atoms with Gasteiger partial charge in [0.15, 0.2) is 0 Å². The first kappa shape index (κ1) is 11.5. The molecule has 3 nitrogen and oxygen atoms in total. The van der Waals surface area contributed by atoms with Crippen LogP contribution in [0.3, 0.4) is 0 Å². The van der Waals surface area contributed by atoms with Crippen LogP contribution in [-0.4, -0.2) is 37.1 Å². The average Bonchev–Trinajstić information content (AvgIpc) is 2.99. The van der Waals surface area contributed by atoms with Crippen LogP contribution in [0.2, 0.25) is 0 Å². The lowest BCUT2D eigenvalue weighted by Crippen LogP contribution is -2.36. The summed E-state index contributed by atoms with van der Waals surface area (Å²) in [4.78, 5) is 2.41. The summed E-state index contributed by atoms with van der Waals surface area (Å²) < 4.78 is 0. The minimum Gasteiger partial charge on any atom is -0.312 e. The zero-order chi connectivity index (χ0) is 10.4. The minimum atomic E-state index is 0.382. The maximum absolute atomic E-state index is 8.57. The molecule has 1 fully saturated rings. The number of nitrogens with zero attached hydrogens (tertiary/aromatic N) is 2. The van der Waals surface area contributed by atoms with E-state index in [-0.39, 0.29) is 0 Å². The van der Waals surface area contributed by atoms with Gasteiger partial charge in [-0.2, -0.15) is 5.26 Å². The second-order valence-corrected chi connectivity index (χ2v) is 4.13. The predicted octanol–water partition coefficient (Wildman–Crippen LogP) is 1.36. The van der Waals surface area contributed by atoms with E-state index in [2.05, 4.69) is 30.3 Å². The Bertz CT molecular complexity index is 193. The van der Waals surface area contributed by atoms with Crippen molar-refractivity contribution in [1.29, 1.82) is 5.26 Å². The van der Waals surface area contributed by atoms with E-state index in [1.165, 1.54) is 12.8 Å². The van der Waals surface area contributed by atoms with E-state index in [1.54, 1.807) is 0 Å². The third-order valence-electron chi connectivity index (χ3n) is 2.90. The Balaban J connectivity index is 2.03. The molecule has 0 aromatic rings. The summed E-state index contributed by atoms with van der Waals surface area (Å²) in [6.45, 7) is 4.24. The van der Waals surface area contributed by atoms with Crippen LogP contribution in [0.25, 0.3) is 0 Å². The molecular formula is C11H21N3. The summed E-state index contributed by atoms with van der Waals surface area (Å²) in [6, 6.07) is 3.44. The van der Waals surface area contributed by atoms with Crippen LogP contribution in [0.5, 0.6) is 0 Å². The molecule has 0 amide bonds. The molecule has 0 spiro atoms. The lowest BCUT2D eigenvalue weighted by Gasteiger charge is -2.18. The van der Waals surface area contributed by atoms with Crippen LogP contribution in [0.1, 0.15) is 32.6 Å². The monoisotopic (exact) mass is 195 g/mol. The first-order chi connectivity index (χ1) is 6.77. The first-order valence-electron chi connectivity index (χ1n) is 5.58. The van der Waals surface area contributed by atoms with E-state index in [0.717, 1.165) is 25.6 Å². The molecule has 3 heteroatoms. The normalized spacial score (nSPS) is 18.1. The fourth-order valence-corrected chi connectivity index (χ4v) is 1.61. The van der Waals surface area contributed by atoms with Crippen LogP contribution in [0.4, 0.5) is 0 Å². The first-order valence-corrected chi connectivity index (χ1v) is 5.58. The molecule has 1 aliphatic rings. The summed E-state index contributed by atoms with van der Waals surface area (Å²) in [7, 11) is 2.19. The fraction of sp³-hybridized carbons (Fsp3) is 0.909. The van der Waals surface area contributed by atoms with Crippen molar-refractivity contribution in [1.82, 2.24) is 10.2 Å². The maximum atomic E-state index is 8.57. The molecule has 0 heterocycles. The van der Waals surface area contributed by atoms with Gasteiger partial charge >= 0.3 is 0 Å². The summed E-state index contributed by atoms with van der Waals surface area (Å²) >= 11 is 0. The third kappa shape index (κ3) is 4.08. The van der Waals surface area contributed by atoms with Crippen LogP contribution in [-0.2, 0) is 0 Å². The number of nitrogens with one attached hydrogen (secondary N) is 1. The zero-order valence-corrected chi connectivity index (χ0v) is 9.29. The van der Waals surface area contributed by atoms with E-state index < -0.39 is 0 Å². The number of rotatable bonds is 7. The SMILES string of the molecule is CCC(CC#N)NCCN(C)C1CC1. The number of hydrogen-bond acceptors (Lipinski definition) is 3. The van der Waals surface area contributed by atoms with Gasteiger partial charge in [0.1, 0.15) is 0 Å². The van der Waals surface area contributed by atoms with Gasteiger partial charge in [0.25, 0.3) is 0 Å². The van der Waals surface area contributed by atoms with Crippen molar-refractivity contribution in [3.05, 3.63) is 0 Å². The Morgan fingerprint density at radius 1 is 1.57 bits per heavy atom. The Morgan fingerprint density at radius 2 is 2.29 bits per heavy atom. The quantitative estimate of drug-likeness (QED) is 0.666. The molecule has 0 bridgehead atoms. The van der Waals surface area contributed by atoms with Gasteiger partial charge in [-0.25, -0.2) is 0 Å². The molecular weight excluding hydrogens is 174 g/mol. The third-order valence-corrected chi connectivity index (χ3v) is 2.90. The van der Waals surface area contributed by atoms with Gasteiger partial charge in [0.2, 0.25) is 0 Å². The molecule has 1 atom stereocenters. The second kappa shape index (κ2) is 6.00. The highest BCUT2D eigenvalue weighted by Crippen LogP contribution is 2.24. The van der Waals surface area contributed by atoms with Gasteiger partial charge in [-0.15, -0.1) is 0 Å². The van der Waals surface area contributed by atoms with Crippen molar-refractivity contribution in [3.8, 4) is 6.07 Å². The average molecular weight is 195 g/mol. The highest BCUT2D eigenvalue weighted by molar-refractivity contribution is 4.83. The molecule has 14 heavy (non-hydrogen) atoms. The molecule has 1 N–H and O–H groups in total. The summed E-state index contributed by atoms with van der Waals surface area (Å²) in [6.07, 6.45) is 4.40. The highest BCUT2D eigenvalue weighted by atomic mass is 15.2. The van der Waals surface area contributed by atoms with Crippen LogP contribution >= 0.6 is 0 Å². The summed E-state index contributed by atoms with van der Waals surface area (Å²) in [5.74, 6) is 0. The standard InChI is InChI=1S/C11H21N3/c1-3-10(6-7-12)13-8-9-14(2)11-4-5-11/h10-11,13H,3-6,8-9H2,1-2H3. The maximum Gasteiger partial charge on any atom is 0.0638 e. The van der Waals surface area contributed by atoms with Crippen molar-refractivity contribution in [2.45, 2.75) is 44.7 Å². The van der Waals surface area contributed by atoms with Crippen molar-refractivity contribution < 1.29 is 0 Å². The van der Waals surface area contributed by atoms with Crippen molar-refractivity contribution in [2.75, 3.05) is 20.1 Å². The van der Waals surface area contributed by atoms with E-state index in [0.29, 0.717) is 12.5 Å². The lowest BCUT2D eigenvalue weighted by molar-refractivity contribution is 0.313. The zero-order valence-electron chi connectivity index (χ0n) is 9.29. The molecule has 0 saturated heterocycles. The number of hydrogen-bond donors (Lipinski definition) is 1. The number of nitriles is 1. The topological polar surface area (TPSA) is 39.1 Å². The summed E-state index contributed by atoms with van der Waals surface area (Å²) in [5, 5.41) is 12.0. The largest absolute Gasteiger partial charge is 0.312 e. The molecule has 80 valence electrons. The molecule has 1 rings (SSSR count). The number of likely N-dealkylation sites (N-methyl/N-ethyl adjacent to an activating group) is 1. The Hall–Kier alpha value is -0.590. The van der Waals surface area contributed by atoms with Crippen molar-refractivity contribution in [3.63, 3.8) is 0 Å². The van der Waals surface area contributed by atoms with E-state index >= 15 is 0 Å². The predicted molar refractivity (Wildman–Crippen MR) is 58.0 cm³/mol. The van der Waals surface area contributed by atoms with Gasteiger partial charge < -0.3 is 10.2 Å². The van der Waals surface area contributed by atoms with E-state index in [9.17, 15) is 0 Å². The molecule has 1 unspecified atom stereocenters. The molecule has 0 radical (unpaired) electrons. The van der Waals surface area contributed by atoms with Gasteiger partial charge in [-0.3, -0.25) is 0 Å². The van der Waals surface area contributed by atoms with Gasteiger partial charge in [0.05, 0.1) is 12.5 Å². The Labute approximate surface area is 87.1 Å². The smallest absolute Gasteiger partial charge is 0.0638 e. The highest BCUT2D eigenvalue weighted by Gasteiger charge is 2.25. The van der Waals surface area contributed by atoms with Gasteiger partial charge in [-0.05, 0) is 26.3 Å². The Morgan fingerprint density at radius 3 is 2.79 bits per heavy atom. The van der Waals surface area contributed by atoms with E-state index in [1.807, 2.05) is 0 Å². The van der Waals surface area contributed by atoms with Crippen LogP contribution in [0.15, 0.2) is 0 Å². The van der Waals surface area contributed by atoms with Gasteiger partial charge in [0, 0.05) is 25.2 Å². The lowest BCUT2D eigenvalue weighted by atomic mass is 10.2. The molecule has 0 aliphatic heterocycles. The van der Waals surface area contributed by atoms with Crippen LogP contribution in [0, 0.1) is 11.3 Å². The van der Waals surface area contributed by atoms with Crippen molar-refractivity contribution in [2.24, 2.45) is 0 Å².